The Morgan fingerprint density at radius 2 is 1.25 bits per heavy atom. The maximum absolute atomic E-state index is 6.51. The molecule has 0 saturated carbocycles. The third-order valence-corrected chi connectivity index (χ3v) is 5.14. The maximum atomic E-state index is 6.51. The van der Waals surface area contributed by atoms with Crippen LogP contribution in [0.4, 0.5) is 0 Å². The predicted octanol–water partition coefficient (Wildman–Crippen LogP) is 6.80. The van der Waals surface area contributed by atoms with Gasteiger partial charge in [-0.3, -0.25) is 0 Å². The van der Waals surface area contributed by atoms with Gasteiger partial charge in [0.05, 0.1) is 10.6 Å². The van der Waals surface area contributed by atoms with Crippen LogP contribution in [0.5, 0.6) is 0 Å². The van der Waals surface area contributed by atoms with E-state index in [1.165, 1.54) is 11.5 Å². The van der Waals surface area contributed by atoms with Gasteiger partial charge in [-0.2, -0.15) is 4.37 Å². The molecule has 1 heterocycles. The van der Waals surface area contributed by atoms with Crippen molar-refractivity contribution in [2.45, 2.75) is 0 Å². The average Bonchev–Trinajstić information content (AvgIpc) is 3.08. The van der Waals surface area contributed by atoms with Crippen molar-refractivity contribution in [1.29, 1.82) is 0 Å². The van der Waals surface area contributed by atoms with E-state index in [4.69, 9.17) is 16.0 Å². The monoisotopic (exact) mass is 347 g/mol. The molecule has 116 valence electrons. The smallest absolute Gasteiger partial charge is 0.0926 e. The van der Waals surface area contributed by atoms with Crippen molar-refractivity contribution in [3.8, 4) is 32.8 Å². The highest BCUT2D eigenvalue weighted by Crippen LogP contribution is 2.44. The Morgan fingerprint density at radius 1 is 0.667 bits per heavy atom. The highest BCUT2D eigenvalue weighted by molar-refractivity contribution is 7.10. The van der Waals surface area contributed by atoms with E-state index in [0.29, 0.717) is 0 Å². The minimum Gasteiger partial charge on any atom is -0.191 e. The second-order valence-corrected chi connectivity index (χ2v) is 6.63. The summed E-state index contributed by atoms with van der Waals surface area (Å²) in [7, 11) is 0. The molecule has 24 heavy (non-hydrogen) atoms. The first-order valence-corrected chi connectivity index (χ1v) is 8.85. The number of benzene rings is 3. The normalized spacial score (nSPS) is 10.7. The topological polar surface area (TPSA) is 12.9 Å². The van der Waals surface area contributed by atoms with Crippen LogP contribution in [0, 0.1) is 0 Å². The summed E-state index contributed by atoms with van der Waals surface area (Å²) in [4.78, 5) is 1.14. The van der Waals surface area contributed by atoms with Gasteiger partial charge in [-0.25, -0.2) is 0 Å². The second-order valence-electron chi connectivity index (χ2n) is 5.45. The highest BCUT2D eigenvalue weighted by atomic mass is 35.5. The predicted molar refractivity (Wildman–Crippen MR) is 103 cm³/mol. The lowest BCUT2D eigenvalue weighted by atomic mass is 9.97. The van der Waals surface area contributed by atoms with Gasteiger partial charge >= 0.3 is 0 Å². The Hall–Kier alpha value is -2.42. The molecular formula is C21H14ClNS. The fourth-order valence-corrected chi connectivity index (χ4v) is 3.93. The Labute approximate surface area is 150 Å². The minimum absolute atomic E-state index is 0.743. The first-order chi connectivity index (χ1) is 11.8. The van der Waals surface area contributed by atoms with Crippen molar-refractivity contribution in [1.82, 2.24) is 4.37 Å². The van der Waals surface area contributed by atoms with E-state index in [9.17, 15) is 0 Å². The van der Waals surface area contributed by atoms with E-state index < -0.39 is 0 Å². The van der Waals surface area contributed by atoms with Gasteiger partial charge in [-0.1, -0.05) is 90.5 Å². The summed E-state index contributed by atoms with van der Waals surface area (Å²) >= 11 is 8.03. The van der Waals surface area contributed by atoms with Crippen molar-refractivity contribution in [2.75, 3.05) is 0 Å². The Morgan fingerprint density at radius 3 is 1.92 bits per heavy atom. The highest BCUT2D eigenvalue weighted by Gasteiger charge is 2.19. The fourth-order valence-electron chi connectivity index (χ4n) is 2.78. The molecule has 1 aromatic heterocycles. The fraction of sp³-hybridized carbons (Fsp3) is 0. The standard InChI is InChI=1S/C21H14ClNS/c22-18-14-8-7-13-17(18)19-20(15-9-3-1-4-10-15)23-24-21(19)16-11-5-2-6-12-16/h1-14H. The lowest BCUT2D eigenvalue weighted by molar-refractivity contribution is 1.51. The van der Waals surface area contributed by atoms with E-state index in [1.807, 2.05) is 54.6 Å². The second kappa shape index (κ2) is 6.60. The first kappa shape index (κ1) is 15.1. The van der Waals surface area contributed by atoms with Crippen LogP contribution in [0.3, 0.4) is 0 Å². The number of hydrogen-bond donors (Lipinski definition) is 0. The molecule has 4 aromatic rings. The molecule has 0 saturated heterocycles. The van der Waals surface area contributed by atoms with E-state index in [1.54, 1.807) is 0 Å². The van der Waals surface area contributed by atoms with Crippen LogP contribution in [-0.2, 0) is 0 Å². The molecular weight excluding hydrogens is 334 g/mol. The Bertz CT molecular complexity index is 905. The quantitative estimate of drug-likeness (QED) is 0.397. The molecule has 0 N–H and O–H groups in total. The van der Waals surface area contributed by atoms with Crippen LogP contribution in [0.15, 0.2) is 84.9 Å². The summed E-state index contributed by atoms with van der Waals surface area (Å²) in [6.45, 7) is 0. The lowest BCUT2D eigenvalue weighted by Gasteiger charge is -2.09. The zero-order chi connectivity index (χ0) is 16.4. The molecule has 0 aliphatic heterocycles. The summed E-state index contributed by atoms with van der Waals surface area (Å²) < 4.78 is 4.76. The van der Waals surface area contributed by atoms with Crippen molar-refractivity contribution >= 4 is 23.1 Å². The van der Waals surface area contributed by atoms with Crippen LogP contribution in [0.1, 0.15) is 0 Å². The lowest BCUT2D eigenvalue weighted by Crippen LogP contribution is -1.86. The Kier molecular flexibility index (Phi) is 4.16. The van der Waals surface area contributed by atoms with Crippen LogP contribution in [-0.4, -0.2) is 4.37 Å². The van der Waals surface area contributed by atoms with Gasteiger partial charge in [-0.15, -0.1) is 0 Å². The molecule has 0 fully saturated rings. The molecule has 0 amide bonds. The number of nitrogens with zero attached hydrogens (tertiary/aromatic N) is 1. The van der Waals surface area contributed by atoms with E-state index in [-0.39, 0.29) is 0 Å². The van der Waals surface area contributed by atoms with Gasteiger partial charge in [0.15, 0.2) is 0 Å². The van der Waals surface area contributed by atoms with Gasteiger partial charge in [-0.05, 0) is 23.2 Å². The van der Waals surface area contributed by atoms with Crippen LogP contribution >= 0.6 is 23.1 Å². The van der Waals surface area contributed by atoms with Crippen molar-refractivity contribution in [3.63, 3.8) is 0 Å². The van der Waals surface area contributed by atoms with Gasteiger partial charge < -0.3 is 0 Å². The third-order valence-electron chi connectivity index (χ3n) is 3.92. The summed E-state index contributed by atoms with van der Waals surface area (Å²) in [6, 6.07) is 28.6. The van der Waals surface area contributed by atoms with E-state index in [0.717, 1.165) is 37.8 Å². The number of hydrogen-bond acceptors (Lipinski definition) is 2. The van der Waals surface area contributed by atoms with Gasteiger partial charge in [0.2, 0.25) is 0 Å². The molecule has 0 unspecified atom stereocenters. The minimum atomic E-state index is 0.743. The molecule has 0 aliphatic rings. The third kappa shape index (κ3) is 2.75. The van der Waals surface area contributed by atoms with Crippen LogP contribution in [0.2, 0.25) is 5.02 Å². The molecule has 3 aromatic carbocycles. The SMILES string of the molecule is Clc1ccccc1-c1c(-c2ccccc2)nsc1-c1ccccc1. The summed E-state index contributed by atoms with van der Waals surface area (Å²) in [5.41, 5.74) is 5.36. The molecule has 0 aliphatic carbocycles. The van der Waals surface area contributed by atoms with E-state index >= 15 is 0 Å². The molecule has 1 nitrogen and oxygen atoms in total. The zero-order valence-corrected chi connectivity index (χ0v) is 14.4. The van der Waals surface area contributed by atoms with E-state index in [2.05, 4.69) is 30.3 Å². The number of halogens is 1. The van der Waals surface area contributed by atoms with Gasteiger partial charge in [0.25, 0.3) is 0 Å². The van der Waals surface area contributed by atoms with Crippen molar-refractivity contribution in [2.24, 2.45) is 0 Å². The van der Waals surface area contributed by atoms with Crippen LogP contribution in [0.25, 0.3) is 32.8 Å². The largest absolute Gasteiger partial charge is 0.191 e. The van der Waals surface area contributed by atoms with Gasteiger partial charge in [0, 0.05) is 21.7 Å². The molecule has 3 heteroatoms. The summed E-state index contributed by atoms with van der Waals surface area (Å²) in [5.74, 6) is 0. The molecule has 0 bridgehead atoms. The van der Waals surface area contributed by atoms with Crippen LogP contribution < -0.4 is 0 Å². The maximum Gasteiger partial charge on any atom is 0.0926 e. The number of rotatable bonds is 3. The zero-order valence-electron chi connectivity index (χ0n) is 12.8. The molecule has 4 rings (SSSR count). The molecule has 0 radical (unpaired) electrons. The molecule has 0 spiro atoms. The molecule has 0 atom stereocenters. The Balaban J connectivity index is 2.00. The van der Waals surface area contributed by atoms with Crippen molar-refractivity contribution < 1.29 is 0 Å². The number of aromatic nitrogens is 1. The summed E-state index contributed by atoms with van der Waals surface area (Å²) in [6.07, 6.45) is 0. The average molecular weight is 348 g/mol. The first-order valence-electron chi connectivity index (χ1n) is 7.70. The van der Waals surface area contributed by atoms with Crippen molar-refractivity contribution in [3.05, 3.63) is 90.0 Å². The van der Waals surface area contributed by atoms with Gasteiger partial charge in [0.1, 0.15) is 0 Å². The summed E-state index contributed by atoms with van der Waals surface area (Å²) in [5, 5.41) is 0.743.